The molecule has 1 atom stereocenters. The predicted octanol–water partition coefficient (Wildman–Crippen LogP) is 1.45. The van der Waals surface area contributed by atoms with Gasteiger partial charge in [-0.15, -0.1) is 0 Å². The topological polar surface area (TPSA) is 105 Å². The number of nitrogens with zero attached hydrogens (tertiary/aromatic N) is 2. The lowest BCUT2D eigenvalue weighted by Crippen LogP contribution is -2.53. The van der Waals surface area contributed by atoms with E-state index < -0.39 is 54.2 Å². The molecule has 172 valence electrons. The van der Waals surface area contributed by atoms with E-state index in [1.807, 2.05) is 5.32 Å². The molecule has 0 aromatic heterocycles. The number of halogens is 5. The first-order valence-corrected chi connectivity index (χ1v) is 9.17. The summed E-state index contributed by atoms with van der Waals surface area (Å²) in [5.74, 6) is -3.10. The van der Waals surface area contributed by atoms with Crippen LogP contribution in [0.1, 0.15) is 12.5 Å². The van der Waals surface area contributed by atoms with Crippen LogP contribution in [0.25, 0.3) is 0 Å². The molecule has 1 heterocycles. The molecular weight excluding hydrogens is 431 g/mol. The number of alkyl halides is 5. The van der Waals surface area contributed by atoms with Crippen LogP contribution in [0.5, 0.6) is 0 Å². The van der Waals surface area contributed by atoms with Gasteiger partial charge in [-0.3, -0.25) is 19.3 Å². The van der Waals surface area contributed by atoms with Gasteiger partial charge in [0.05, 0.1) is 24.4 Å². The molecule has 0 unspecified atom stereocenters. The summed E-state index contributed by atoms with van der Waals surface area (Å²) in [6.07, 6.45) is -7.82. The Morgan fingerprint density at radius 3 is 2.52 bits per heavy atom. The van der Waals surface area contributed by atoms with Crippen molar-refractivity contribution in [3.63, 3.8) is 0 Å². The third-order valence-electron chi connectivity index (χ3n) is 4.53. The fourth-order valence-electron chi connectivity index (χ4n) is 3.11. The van der Waals surface area contributed by atoms with Crippen LogP contribution in [0.2, 0.25) is 0 Å². The Morgan fingerprint density at radius 2 is 2.00 bits per heavy atom. The normalized spacial score (nSPS) is 16.0. The van der Waals surface area contributed by atoms with Crippen molar-refractivity contribution in [3.8, 4) is 0 Å². The van der Waals surface area contributed by atoms with Gasteiger partial charge >= 0.3 is 6.18 Å². The first kappa shape index (κ1) is 24.5. The summed E-state index contributed by atoms with van der Waals surface area (Å²) in [5.41, 5.74) is 3.10. The van der Waals surface area contributed by atoms with Crippen molar-refractivity contribution in [2.45, 2.75) is 25.6 Å². The van der Waals surface area contributed by atoms with E-state index in [2.05, 4.69) is 0 Å². The zero-order valence-corrected chi connectivity index (χ0v) is 16.4. The van der Waals surface area contributed by atoms with Crippen molar-refractivity contribution < 1.29 is 41.1 Å². The number of primary amides is 1. The molecule has 0 aliphatic carbocycles. The maximum absolute atomic E-state index is 13.6. The first-order valence-electron chi connectivity index (χ1n) is 9.17. The lowest BCUT2D eigenvalue weighted by atomic mass is 10.1. The van der Waals surface area contributed by atoms with Gasteiger partial charge in [0.15, 0.2) is 6.04 Å². The third kappa shape index (κ3) is 6.10. The second kappa shape index (κ2) is 10.0. The average molecular weight is 452 g/mol. The van der Waals surface area contributed by atoms with E-state index in [0.717, 1.165) is 15.9 Å². The van der Waals surface area contributed by atoms with Gasteiger partial charge in [-0.05, 0) is 24.7 Å². The molecular formula is C18H21F5N4O4. The van der Waals surface area contributed by atoms with Gasteiger partial charge in [0.1, 0.15) is 6.61 Å². The largest absolute Gasteiger partial charge is 0.418 e. The Kier molecular flexibility index (Phi) is 7.90. The number of nitrogens with two attached hydrogens (primary N) is 1. The molecule has 3 amide bonds. The van der Waals surface area contributed by atoms with Crippen molar-refractivity contribution in [3.05, 3.63) is 23.8 Å². The number of amides is 3. The van der Waals surface area contributed by atoms with E-state index >= 15 is 0 Å². The minimum absolute atomic E-state index is 0.0463. The standard InChI is InChI=1S/C18H21F5N4O4/c1-2-26(8-13(19)20)15(16(24)29)17(30)25-12-4-3-10(7-11(12)18(21,22)23)27-5-6-31-9-14(27)28/h3-4,7,13,15H,2,5-6,8-9H2,1H3,(H2,24,29)(H,25,30)/t15-/m0/s1. The SMILES string of the molecule is CCN(CC(F)F)[C@@H](C(N)=O)C(=O)Nc1ccc(N2CCOCC2=O)cc1C(F)(F)F. The quantitative estimate of drug-likeness (QED) is 0.459. The Labute approximate surface area is 174 Å². The Balaban J connectivity index is 2.36. The van der Waals surface area contributed by atoms with Crippen LogP contribution < -0.4 is 16.0 Å². The van der Waals surface area contributed by atoms with Crippen LogP contribution in [0.3, 0.4) is 0 Å². The number of hydrogen-bond acceptors (Lipinski definition) is 5. The summed E-state index contributed by atoms with van der Waals surface area (Å²) >= 11 is 0. The average Bonchev–Trinajstić information content (AvgIpc) is 2.66. The molecule has 8 nitrogen and oxygen atoms in total. The van der Waals surface area contributed by atoms with Gasteiger partial charge in [0, 0.05) is 12.2 Å². The monoisotopic (exact) mass is 452 g/mol. The highest BCUT2D eigenvalue weighted by molar-refractivity contribution is 6.10. The predicted molar refractivity (Wildman–Crippen MR) is 99.5 cm³/mol. The number of likely N-dealkylation sites (N-methyl/N-ethyl adjacent to an activating group) is 1. The highest BCUT2D eigenvalue weighted by atomic mass is 19.4. The van der Waals surface area contributed by atoms with Gasteiger partial charge in [0.2, 0.25) is 5.91 Å². The van der Waals surface area contributed by atoms with E-state index in [1.165, 1.54) is 13.0 Å². The number of anilines is 2. The van der Waals surface area contributed by atoms with Crippen molar-refractivity contribution in [2.75, 3.05) is 43.1 Å². The van der Waals surface area contributed by atoms with E-state index in [4.69, 9.17) is 10.5 Å². The molecule has 1 aliphatic heterocycles. The zero-order chi connectivity index (χ0) is 23.3. The molecule has 0 bridgehead atoms. The van der Waals surface area contributed by atoms with Crippen molar-refractivity contribution in [2.24, 2.45) is 5.73 Å². The number of carbonyl (C=O) groups excluding carboxylic acids is 3. The second-order valence-corrected chi connectivity index (χ2v) is 6.60. The molecule has 1 saturated heterocycles. The Bertz CT molecular complexity index is 834. The van der Waals surface area contributed by atoms with E-state index in [9.17, 15) is 36.3 Å². The minimum atomic E-state index is -4.93. The lowest BCUT2D eigenvalue weighted by Gasteiger charge is -2.29. The number of benzene rings is 1. The second-order valence-electron chi connectivity index (χ2n) is 6.60. The smallest absolute Gasteiger partial charge is 0.370 e. The van der Waals surface area contributed by atoms with Crippen molar-refractivity contribution in [1.82, 2.24) is 4.90 Å². The number of rotatable bonds is 8. The van der Waals surface area contributed by atoms with Crippen LogP contribution >= 0.6 is 0 Å². The molecule has 0 spiro atoms. The number of ether oxygens (including phenoxy) is 1. The minimum Gasteiger partial charge on any atom is -0.370 e. The van der Waals surface area contributed by atoms with E-state index in [-0.39, 0.29) is 32.0 Å². The van der Waals surface area contributed by atoms with E-state index in [1.54, 1.807) is 0 Å². The van der Waals surface area contributed by atoms with Crippen LogP contribution in [0, 0.1) is 0 Å². The van der Waals surface area contributed by atoms with Crippen molar-refractivity contribution in [1.29, 1.82) is 0 Å². The molecule has 2 rings (SSSR count). The summed E-state index contributed by atoms with van der Waals surface area (Å²) in [5, 5.41) is 1.95. The highest BCUT2D eigenvalue weighted by Crippen LogP contribution is 2.37. The summed E-state index contributed by atoms with van der Waals surface area (Å²) in [6, 6.07) is 0.875. The molecule has 0 radical (unpaired) electrons. The van der Waals surface area contributed by atoms with Crippen molar-refractivity contribution >= 4 is 29.1 Å². The number of morpholine rings is 1. The first-order chi connectivity index (χ1) is 14.5. The summed E-state index contributed by atoms with van der Waals surface area (Å²) in [4.78, 5) is 38.0. The molecule has 0 saturated carbocycles. The highest BCUT2D eigenvalue weighted by Gasteiger charge is 2.37. The van der Waals surface area contributed by atoms with Gasteiger partial charge in [-0.25, -0.2) is 8.78 Å². The number of hydrogen-bond donors (Lipinski definition) is 2. The summed E-state index contributed by atoms with van der Waals surface area (Å²) < 4.78 is 71.3. The van der Waals surface area contributed by atoms with E-state index in [0.29, 0.717) is 6.07 Å². The van der Waals surface area contributed by atoms with Crippen LogP contribution in [0.4, 0.5) is 33.3 Å². The molecule has 31 heavy (non-hydrogen) atoms. The molecule has 13 heteroatoms. The van der Waals surface area contributed by atoms with Crippen LogP contribution in [0.15, 0.2) is 18.2 Å². The molecule has 1 aromatic carbocycles. The molecule has 1 aromatic rings. The van der Waals surface area contributed by atoms with Crippen LogP contribution in [-0.4, -0.2) is 67.9 Å². The fourth-order valence-corrected chi connectivity index (χ4v) is 3.11. The van der Waals surface area contributed by atoms with Gasteiger partial charge < -0.3 is 20.7 Å². The summed E-state index contributed by atoms with van der Waals surface area (Å²) in [6.45, 7) is 0.156. The van der Waals surface area contributed by atoms with Gasteiger partial charge in [0.25, 0.3) is 18.2 Å². The van der Waals surface area contributed by atoms with Gasteiger partial charge in [-0.2, -0.15) is 13.2 Å². The molecule has 3 N–H and O–H groups in total. The molecule has 1 fully saturated rings. The summed E-state index contributed by atoms with van der Waals surface area (Å²) in [7, 11) is 0. The lowest BCUT2D eigenvalue weighted by molar-refractivity contribution is -0.137. The fraction of sp³-hybridized carbons (Fsp3) is 0.500. The van der Waals surface area contributed by atoms with Gasteiger partial charge in [-0.1, -0.05) is 6.92 Å². The number of carbonyl (C=O) groups is 3. The third-order valence-corrected chi connectivity index (χ3v) is 4.53. The zero-order valence-electron chi connectivity index (χ0n) is 16.4. The Hall–Kier alpha value is -2.80. The maximum atomic E-state index is 13.6. The molecule has 1 aliphatic rings. The number of nitrogens with one attached hydrogen (secondary N) is 1. The Morgan fingerprint density at radius 1 is 1.32 bits per heavy atom. The maximum Gasteiger partial charge on any atom is 0.418 e. The van der Waals surface area contributed by atoms with Crippen LogP contribution in [-0.2, 0) is 25.3 Å².